The minimum atomic E-state index is -2.67. The summed E-state index contributed by atoms with van der Waals surface area (Å²) < 4.78 is 79.0. The van der Waals surface area contributed by atoms with E-state index in [4.69, 9.17) is 5.41 Å². The number of nitrogens with one attached hydrogen (secondary N) is 1. The fourth-order valence-electron chi connectivity index (χ4n) is 3.40. The number of benzene rings is 3. The number of ketones is 4. The molecule has 0 fully saturated rings. The summed E-state index contributed by atoms with van der Waals surface area (Å²) in [5.74, 6) is -1.86. The summed E-state index contributed by atoms with van der Waals surface area (Å²) in [5.41, 5.74) is 10.1. The average Bonchev–Trinajstić information content (AvgIpc) is 0.883. The normalized spacial score (nSPS) is 8.47. The van der Waals surface area contributed by atoms with Crippen LogP contribution in [0.2, 0.25) is 0 Å². The highest BCUT2D eigenvalue weighted by Gasteiger charge is 2.03. The Labute approximate surface area is 615 Å². The molecule has 0 aliphatic heterocycles. The third kappa shape index (κ3) is 221. The molecule has 0 saturated heterocycles. The number of carbonyl (C=O) groups is 10. The van der Waals surface area contributed by atoms with Crippen LogP contribution in [0.5, 0.6) is 0 Å². The van der Waals surface area contributed by atoms with Gasteiger partial charge in [0.25, 0.3) is 0 Å². The van der Waals surface area contributed by atoms with E-state index in [-0.39, 0.29) is 46.8 Å². The van der Waals surface area contributed by atoms with Crippen molar-refractivity contribution in [2.24, 2.45) is 5.41 Å². The summed E-state index contributed by atoms with van der Waals surface area (Å²) in [6.45, 7) is 54.7. The molecule has 1 N–H and O–H groups in total. The average molecular weight is 1490 g/mol. The minimum Gasteiger partial charge on any atom is -0.469 e. The van der Waals surface area contributed by atoms with E-state index >= 15 is 0 Å². The number of carbonyl (C=O) groups excluding carboxylic acids is 10. The molecule has 0 bridgehead atoms. The van der Waals surface area contributed by atoms with Crippen molar-refractivity contribution in [1.82, 2.24) is 0 Å². The SMILES string of the molecule is CC(=O)OC(C)=O.CC(C)(C)C.CC(C)=N.CC(C)=O.CCC.CCC(=O)CC.CCC(=O)OC.CCC(=O)OC.CCC(C)=O.CCC(C)=O.COC.COC(C)=O.COC(C)=O.CS(C)(=O)=O.CS(C)=O.Cc1cc(C)c(C)c(C)c1.Cc1cc(F)c(C)c(F)c1.Cc1ccc(C)cc1. The largest absolute Gasteiger partial charge is 0.469 e. The molecule has 24 heteroatoms. The lowest BCUT2D eigenvalue weighted by Crippen LogP contribution is -2.03. The molecule has 0 aliphatic carbocycles. The summed E-state index contributed by atoms with van der Waals surface area (Å²) in [7, 11) is 5.43. The van der Waals surface area contributed by atoms with Crippen LogP contribution in [-0.2, 0) is 97.0 Å². The van der Waals surface area contributed by atoms with E-state index in [1.165, 1.54) is 129 Å². The zero-order valence-corrected chi connectivity index (χ0v) is 72.0. The van der Waals surface area contributed by atoms with Crippen molar-refractivity contribution < 1.29 is 97.8 Å². The molecule has 0 atom stereocenters. The van der Waals surface area contributed by atoms with Crippen molar-refractivity contribution in [3.63, 3.8) is 0 Å². The second-order valence-electron chi connectivity index (χ2n) is 23.1. The van der Waals surface area contributed by atoms with E-state index in [2.05, 4.69) is 148 Å². The molecule has 0 aliphatic rings. The summed E-state index contributed by atoms with van der Waals surface area (Å²) in [4.78, 5) is 98.0. The monoisotopic (exact) mass is 1490 g/mol. The van der Waals surface area contributed by atoms with Gasteiger partial charge in [-0.15, -0.1) is 0 Å². The number of hydrogen-bond donors (Lipinski definition) is 1. The molecule has 20 nitrogen and oxygen atoms in total. The predicted molar refractivity (Wildman–Crippen MR) is 417 cm³/mol. The first-order chi connectivity index (χ1) is 45.7. The Bertz CT molecular complexity index is 2400. The van der Waals surface area contributed by atoms with Crippen LogP contribution in [0.3, 0.4) is 0 Å². The molecule has 0 spiro atoms. The smallest absolute Gasteiger partial charge is 0.310 e. The van der Waals surface area contributed by atoms with Gasteiger partial charge in [0.2, 0.25) is 0 Å². The van der Waals surface area contributed by atoms with E-state index in [0.29, 0.717) is 61.0 Å². The maximum atomic E-state index is 12.6. The van der Waals surface area contributed by atoms with Crippen LogP contribution >= 0.6 is 0 Å². The number of Topliss-reactive ketones (excluding diaryl/α,β-unsaturated/α-hetero) is 4. The quantitative estimate of drug-likeness (QED) is 0.104. The number of rotatable bonds is 6. The van der Waals surface area contributed by atoms with E-state index < -0.39 is 44.2 Å². The third-order valence-corrected chi connectivity index (χ3v) is 8.39. The van der Waals surface area contributed by atoms with Gasteiger partial charge in [0.1, 0.15) is 44.6 Å². The molecule has 3 aromatic carbocycles. The highest BCUT2D eigenvalue weighted by Crippen LogP contribution is 2.14. The van der Waals surface area contributed by atoms with Crippen molar-refractivity contribution in [1.29, 1.82) is 5.41 Å². The number of hydrogen-bond acceptors (Lipinski definition) is 20. The van der Waals surface area contributed by atoms with Gasteiger partial charge in [-0.3, -0.25) is 37.8 Å². The van der Waals surface area contributed by atoms with Gasteiger partial charge in [-0.2, -0.15) is 0 Å². The number of aryl methyl sites for hydroxylation is 6. The second-order valence-corrected chi connectivity index (χ2v) is 26.9. The second kappa shape index (κ2) is 93.0. The lowest BCUT2D eigenvalue weighted by Gasteiger charge is -2.05. The number of halogens is 2. The van der Waals surface area contributed by atoms with Crippen LogP contribution < -0.4 is 0 Å². The van der Waals surface area contributed by atoms with Crippen LogP contribution in [0.1, 0.15) is 242 Å². The maximum absolute atomic E-state index is 12.6. The Morgan fingerprint density at radius 1 is 0.436 bits per heavy atom. The van der Waals surface area contributed by atoms with Crippen molar-refractivity contribution in [2.45, 2.75) is 253 Å². The van der Waals surface area contributed by atoms with Crippen LogP contribution in [0.15, 0.2) is 48.5 Å². The molecule has 0 amide bonds. The summed E-state index contributed by atoms with van der Waals surface area (Å²) in [5, 5.41) is 6.50. The van der Waals surface area contributed by atoms with Gasteiger partial charge in [-0.1, -0.05) is 143 Å². The van der Waals surface area contributed by atoms with E-state index in [1.807, 2.05) is 27.7 Å². The zero-order chi connectivity index (χ0) is 84.6. The van der Waals surface area contributed by atoms with Crippen LogP contribution in [0.25, 0.3) is 0 Å². The molecule has 596 valence electrons. The fourth-order valence-corrected chi connectivity index (χ4v) is 3.40. The van der Waals surface area contributed by atoms with Crippen LogP contribution in [0, 0.1) is 77.8 Å². The minimum absolute atomic E-state index is 0.0885. The molecule has 0 heterocycles. The predicted octanol–water partition coefficient (Wildman–Crippen LogP) is 17.8. The fraction of sp³-hybridized carbons (Fsp3) is 0.623. The number of sulfone groups is 1. The van der Waals surface area contributed by atoms with E-state index in [9.17, 15) is 69.4 Å². The Morgan fingerprint density at radius 3 is 0.713 bits per heavy atom. The van der Waals surface area contributed by atoms with Gasteiger partial charge < -0.3 is 48.2 Å². The zero-order valence-electron chi connectivity index (χ0n) is 70.4. The topological polar surface area (TPSA) is 301 Å². The Morgan fingerprint density at radius 2 is 0.614 bits per heavy atom. The van der Waals surface area contributed by atoms with Gasteiger partial charge >= 0.3 is 35.8 Å². The molecule has 0 saturated carbocycles. The van der Waals surface area contributed by atoms with E-state index in [0.717, 1.165) is 12.5 Å². The number of ether oxygens (including phenoxy) is 6. The van der Waals surface area contributed by atoms with Gasteiger partial charge in [-0.05, 0) is 137 Å². The molecule has 101 heavy (non-hydrogen) atoms. The Balaban J connectivity index is -0.0000000603. The van der Waals surface area contributed by atoms with Crippen LogP contribution in [0.4, 0.5) is 8.78 Å². The molecule has 0 aromatic heterocycles. The standard InChI is InChI=1S/C10H14.C8H8F2.C8H10.C5H10O.C5H12.C4H6O3.2C4H8O2.2C4H8O.C3H7N.2C3H6O2.C3H6O.C3H8.C2H6O2S.C2H6OS.C2H6O/c1-7-5-8(2)10(4)9(3)6-7;1-5-3-7(9)6(2)8(10)4-5;1-7-3-5-8(2)6-4-7;1-3-5(6)4-2;1-5(2,3)4;1-3(5)7-4(2)6;2*1-3-4(5)6-2;2*1-3-4(2)5;1-3(2)4;2*1-3(4)5-2;1-3(2)4;1-3-2;1-5(2,3)4;1-4(2)3;1-3-2/h5-6H,1-4H3;3-4H,1-2H3;3-6H,1-2H3;3-4H2,1-2H3;1-4H3;1-2H3;2*3H2,1-2H3;2*3H2,1-2H3;4H,1-2H3;2*1-2H3;1-2H3;3H2,1-2H3;1-2H3;1-2H3;1-2H3. The van der Waals surface area contributed by atoms with Crippen molar-refractivity contribution in [3.05, 3.63) is 105 Å². The first-order valence-corrected chi connectivity index (χ1v) is 36.7. The molecule has 0 unspecified atom stereocenters. The molecular weight excluding hydrogens is 1340 g/mol. The third-order valence-electron chi connectivity index (χ3n) is 8.39. The molecule has 0 radical (unpaired) electrons. The Kier molecular flexibility index (Phi) is 120. The van der Waals surface area contributed by atoms with Crippen molar-refractivity contribution in [2.75, 3.05) is 67.7 Å². The number of esters is 6. The molecule has 3 rings (SSSR count). The summed E-state index contributed by atoms with van der Waals surface area (Å²) in [6, 6.07) is 15.6. The van der Waals surface area contributed by atoms with Gasteiger partial charge in [-0.25, -0.2) is 17.2 Å². The lowest BCUT2D eigenvalue weighted by atomic mass is 10.0. The lowest BCUT2D eigenvalue weighted by molar-refractivity contribution is -0.156. The first kappa shape index (κ1) is 130. The van der Waals surface area contributed by atoms with Crippen molar-refractivity contribution in [3.8, 4) is 0 Å². The van der Waals surface area contributed by atoms with Gasteiger partial charge in [0.15, 0.2) is 0 Å². The van der Waals surface area contributed by atoms with Crippen molar-refractivity contribution >= 4 is 85.3 Å². The maximum Gasteiger partial charge on any atom is 0.310 e. The summed E-state index contributed by atoms with van der Waals surface area (Å²) >= 11 is 0. The first-order valence-electron chi connectivity index (χ1n) is 32.4. The van der Waals surface area contributed by atoms with Gasteiger partial charge in [0.05, 0.1) is 28.4 Å². The van der Waals surface area contributed by atoms with Crippen LogP contribution in [-0.4, -0.2) is 145 Å². The highest BCUT2D eigenvalue weighted by molar-refractivity contribution is 7.89. The highest BCUT2D eigenvalue weighted by atomic mass is 32.2. The Hall–Kier alpha value is -7.05. The number of methoxy groups -OCH3 is 5. The summed E-state index contributed by atoms with van der Waals surface area (Å²) in [6.07, 6.45) is 10.5. The molecular formula is C77H143F2NO19S2. The van der Waals surface area contributed by atoms with Gasteiger partial charge in [0, 0.05) is 128 Å². The van der Waals surface area contributed by atoms with E-state index in [1.54, 1.807) is 75.2 Å². The molecule has 3 aromatic rings.